The smallest absolute Gasteiger partial charge is 0.339 e. The van der Waals surface area contributed by atoms with Crippen molar-refractivity contribution in [3.05, 3.63) is 22.2 Å². The van der Waals surface area contributed by atoms with Gasteiger partial charge in [0.2, 0.25) is 0 Å². The van der Waals surface area contributed by atoms with Crippen LogP contribution in [0.5, 0.6) is 11.5 Å². The summed E-state index contributed by atoms with van der Waals surface area (Å²) in [6, 6.07) is 1.39. The summed E-state index contributed by atoms with van der Waals surface area (Å²) in [5.74, 6) is -0.521. The fourth-order valence-electron chi connectivity index (χ4n) is 1.27. The Bertz CT molecular complexity index is 401. The van der Waals surface area contributed by atoms with Gasteiger partial charge in [-0.1, -0.05) is 11.6 Å². The molecule has 0 spiro atoms. The largest absolute Gasteiger partial charge is 0.496 e. The summed E-state index contributed by atoms with van der Waals surface area (Å²) in [5, 5.41) is 9.20. The summed E-state index contributed by atoms with van der Waals surface area (Å²) in [4.78, 5) is 10.9. The number of benzene rings is 1. The van der Waals surface area contributed by atoms with Gasteiger partial charge >= 0.3 is 5.97 Å². The van der Waals surface area contributed by atoms with Crippen LogP contribution in [0.25, 0.3) is 0 Å². The molecule has 0 aliphatic heterocycles. The van der Waals surface area contributed by atoms with Crippen LogP contribution < -0.4 is 9.47 Å². The van der Waals surface area contributed by atoms with Crippen LogP contribution in [0.4, 0.5) is 0 Å². The van der Waals surface area contributed by atoms with E-state index in [1.54, 1.807) is 6.92 Å². The van der Waals surface area contributed by atoms with Crippen LogP contribution in [0.3, 0.4) is 0 Å². The third kappa shape index (κ3) is 1.99. The molecule has 1 N–H and O–H groups in total. The van der Waals surface area contributed by atoms with E-state index in [9.17, 15) is 4.79 Å². The van der Waals surface area contributed by atoms with Crippen molar-refractivity contribution in [1.29, 1.82) is 0 Å². The number of carboxylic acid groups (broad SMARTS) is 1. The second kappa shape index (κ2) is 4.40. The van der Waals surface area contributed by atoms with Gasteiger partial charge in [0, 0.05) is 5.56 Å². The van der Waals surface area contributed by atoms with E-state index in [2.05, 4.69) is 0 Å². The van der Waals surface area contributed by atoms with E-state index >= 15 is 0 Å². The summed E-state index contributed by atoms with van der Waals surface area (Å²) in [6.07, 6.45) is 0. The maximum absolute atomic E-state index is 10.9. The van der Waals surface area contributed by atoms with Gasteiger partial charge in [0.25, 0.3) is 0 Å². The molecule has 0 fully saturated rings. The van der Waals surface area contributed by atoms with Crippen molar-refractivity contribution >= 4 is 17.6 Å². The van der Waals surface area contributed by atoms with Crippen LogP contribution in [0.2, 0.25) is 5.02 Å². The first-order valence-corrected chi connectivity index (χ1v) is 4.55. The highest BCUT2D eigenvalue weighted by atomic mass is 35.5. The second-order valence-electron chi connectivity index (χ2n) is 2.90. The predicted molar refractivity (Wildman–Crippen MR) is 56.3 cm³/mol. The highest BCUT2D eigenvalue weighted by Gasteiger charge is 2.19. The summed E-state index contributed by atoms with van der Waals surface area (Å²) in [7, 11) is 2.83. The monoisotopic (exact) mass is 230 g/mol. The number of hydrogen-bond acceptors (Lipinski definition) is 3. The Morgan fingerprint density at radius 1 is 1.40 bits per heavy atom. The molecule has 0 saturated carbocycles. The Labute approximate surface area is 92.4 Å². The summed E-state index contributed by atoms with van der Waals surface area (Å²) >= 11 is 5.96. The molecule has 0 saturated heterocycles. The Morgan fingerprint density at radius 2 is 2.00 bits per heavy atom. The van der Waals surface area contributed by atoms with Crippen LogP contribution >= 0.6 is 11.6 Å². The van der Waals surface area contributed by atoms with Crippen molar-refractivity contribution < 1.29 is 19.4 Å². The highest BCUT2D eigenvalue weighted by molar-refractivity contribution is 6.33. The van der Waals surface area contributed by atoms with Crippen LogP contribution in [0, 0.1) is 6.92 Å². The number of rotatable bonds is 3. The number of carbonyl (C=O) groups is 1. The molecular weight excluding hydrogens is 220 g/mol. The molecule has 5 heteroatoms. The minimum absolute atomic E-state index is 0.00931. The number of aromatic carboxylic acids is 1. The number of methoxy groups -OCH3 is 2. The van der Waals surface area contributed by atoms with Gasteiger partial charge in [0.05, 0.1) is 19.2 Å². The van der Waals surface area contributed by atoms with E-state index < -0.39 is 5.97 Å². The highest BCUT2D eigenvalue weighted by Crippen LogP contribution is 2.37. The molecule has 1 aromatic carbocycles. The van der Waals surface area contributed by atoms with E-state index in [4.69, 9.17) is 26.2 Å². The number of hydrogen-bond donors (Lipinski definition) is 1. The normalized spacial score (nSPS) is 9.87. The SMILES string of the molecule is COc1cc(C(=O)O)c(OC)c(Cl)c1C. The van der Waals surface area contributed by atoms with Gasteiger partial charge in [-0.2, -0.15) is 0 Å². The fourth-order valence-corrected chi connectivity index (χ4v) is 1.54. The molecule has 15 heavy (non-hydrogen) atoms. The quantitative estimate of drug-likeness (QED) is 0.866. The fraction of sp³-hybridized carbons (Fsp3) is 0.300. The molecular formula is C10H11ClO4. The summed E-state index contributed by atoms with van der Waals surface area (Å²) in [5.41, 5.74) is 0.644. The topological polar surface area (TPSA) is 55.8 Å². The van der Waals surface area contributed by atoms with Gasteiger partial charge in [-0.3, -0.25) is 0 Å². The van der Waals surface area contributed by atoms with Crippen molar-refractivity contribution in [2.75, 3.05) is 14.2 Å². The molecule has 0 heterocycles. The van der Waals surface area contributed by atoms with Crippen molar-refractivity contribution in [3.63, 3.8) is 0 Å². The molecule has 82 valence electrons. The van der Waals surface area contributed by atoms with Gasteiger partial charge in [-0.15, -0.1) is 0 Å². The molecule has 1 rings (SSSR count). The molecule has 4 nitrogen and oxygen atoms in total. The molecule has 0 aromatic heterocycles. The van der Waals surface area contributed by atoms with Crippen molar-refractivity contribution in [2.24, 2.45) is 0 Å². The van der Waals surface area contributed by atoms with E-state index in [1.807, 2.05) is 0 Å². The standard InChI is InChI=1S/C10H11ClO4/c1-5-7(14-2)4-6(10(12)13)9(15-3)8(5)11/h4H,1-3H3,(H,12,13). The molecule has 0 unspecified atom stereocenters. The second-order valence-corrected chi connectivity index (χ2v) is 3.28. The molecule has 0 bridgehead atoms. The average Bonchev–Trinajstić information content (AvgIpc) is 2.21. The third-order valence-corrected chi connectivity index (χ3v) is 2.53. The first kappa shape index (κ1) is 11.7. The van der Waals surface area contributed by atoms with E-state index in [0.29, 0.717) is 11.3 Å². The van der Waals surface area contributed by atoms with E-state index in [0.717, 1.165) is 0 Å². The Morgan fingerprint density at radius 3 is 2.40 bits per heavy atom. The van der Waals surface area contributed by atoms with Gasteiger partial charge in [-0.05, 0) is 13.0 Å². The Hall–Kier alpha value is -1.42. The third-order valence-electron chi connectivity index (χ3n) is 2.07. The zero-order valence-electron chi connectivity index (χ0n) is 8.63. The van der Waals surface area contributed by atoms with Crippen LogP contribution in [0.15, 0.2) is 6.07 Å². The van der Waals surface area contributed by atoms with E-state index in [-0.39, 0.29) is 16.3 Å². The lowest BCUT2D eigenvalue weighted by molar-refractivity contribution is 0.0693. The van der Waals surface area contributed by atoms with E-state index in [1.165, 1.54) is 20.3 Å². The summed E-state index contributed by atoms with van der Waals surface area (Å²) < 4.78 is 9.96. The molecule has 0 atom stereocenters. The lowest BCUT2D eigenvalue weighted by Crippen LogP contribution is -2.03. The van der Waals surface area contributed by atoms with Crippen LogP contribution in [0.1, 0.15) is 15.9 Å². The van der Waals surface area contributed by atoms with Crippen molar-refractivity contribution in [2.45, 2.75) is 6.92 Å². The first-order valence-electron chi connectivity index (χ1n) is 4.17. The van der Waals surface area contributed by atoms with Gasteiger partial charge in [0.1, 0.15) is 11.3 Å². The predicted octanol–water partition coefficient (Wildman–Crippen LogP) is 2.36. The number of carboxylic acids is 1. The zero-order valence-corrected chi connectivity index (χ0v) is 9.38. The number of halogens is 1. The summed E-state index contributed by atoms with van der Waals surface area (Å²) in [6.45, 7) is 1.73. The first-order chi connectivity index (χ1) is 7.02. The van der Waals surface area contributed by atoms with Crippen molar-refractivity contribution in [1.82, 2.24) is 0 Å². The van der Waals surface area contributed by atoms with Gasteiger partial charge < -0.3 is 14.6 Å². The van der Waals surface area contributed by atoms with Gasteiger partial charge in [-0.25, -0.2) is 4.79 Å². The van der Waals surface area contributed by atoms with Gasteiger partial charge in [0.15, 0.2) is 5.75 Å². The lowest BCUT2D eigenvalue weighted by atomic mass is 10.1. The minimum atomic E-state index is -1.10. The molecule has 0 aliphatic rings. The maximum atomic E-state index is 10.9. The van der Waals surface area contributed by atoms with Crippen molar-refractivity contribution in [3.8, 4) is 11.5 Å². The maximum Gasteiger partial charge on any atom is 0.339 e. The Kier molecular flexibility index (Phi) is 3.42. The number of ether oxygens (including phenoxy) is 2. The Balaban J connectivity index is 3.51. The molecule has 0 aliphatic carbocycles. The van der Waals surface area contributed by atoms with Crippen LogP contribution in [-0.2, 0) is 0 Å². The molecule has 0 radical (unpaired) electrons. The minimum Gasteiger partial charge on any atom is -0.496 e. The molecule has 1 aromatic rings. The zero-order chi connectivity index (χ0) is 11.6. The molecule has 0 amide bonds. The average molecular weight is 231 g/mol. The lowest BCUT2D eigenvalue weighted by Gasteiger charge is -2.12. The van der Waals surface area contributed by atoms with Crippen LogP contribution in [-0.4, -0.2) is 25.3 Å².